The Balaban J connectivity index is 2.12. The Morgan fingerprint density at radius 2 is 1.96 bits per heavy atom. The van der Waals surface area contributed by atoms with Crippen molar-refractivity contribution in [2.75, 3.05) is 10.3 Å². The lowest BCUT2D eigenvalue weighted by atomic mass is 10.2. The summed E-state index contributed by atoms with van der Waals surface area (Å²) in [5.74, 6) is 0. The molecule has 2 aromatic rings. The first-order valence-electron chi connectivity index (χ1n) is 7.15. The van der Waals surface area contributed by atoms with Gasteiger partial charge in [-0.2, -0.15) is 5.01 Å². The number of ether oxygens (including phenoxy) is 1. The van der Waals surface area contributed by atoms with Crippen molar-refractivity contribution in [1.82, 2.24) is 5.43 Å². The predicted molar refractivity (Wildman–Crippen MR) is 107 cm³/mol. The zero-order chi connectivity index (χ0) is 17.7. The van der Waals surface area contributed by atoms with Gasteiger partial charge in [0.2, 0.25) is 0 Å². The molecule has 0 radical (unpaired) electrons. The highest BCUT2D eigenvalue weighted by Crippen LogP contribution is 2.23. The Labute approximate surface area is 159 Å². The lowest BCUT2D eigenvalue weighted by Gasteiger charge is -2.27. The molecule has 1 heterocycles. The Morgan fingerprint density at radius 3 is 2.54 bits per heavy atom. The van der Waals surface area contributed by atoms with Crippen LogP contribution in [0.5, 0.6) is 0 Å². The van der Waals surface area contributed by atoms with Crippen LogP contribution in [0.1, 0.15) is 20.8 Å². The van der Waals surface area contributed by atoms with Crippen LogP contribution in [0.4, 0.5) is 15.5 Å². The van der Waals surface area contributed by atoms with E-state index in [2.05, 4.69) is 26.7 Å². The molecule has 0 aliphatic rings. The Bertz CT molecular complexity index is 714. The van der Waals surface area contributed by atoms with Crippen LogP contribution in [0.3, 0.4) is 0 Å². The van der Waals surface area contributed by atoms with Gasteiger partial charge in [-0.1, -0.05) is 12.1 Å². The molecule has 128 valence electrons. The van der Waals surface area contributed by atoms with Crippen LogP contribution in [0.2, 0.25) is 0 Å². The van der Waals surface area contributed by atoms with Gasteiger partial charge in [0, 0.05) is 4.47 Å². The highest BCUT2D eigenvalue weighted by molar-refractivity contribution is 9.10. The minimum atomic E-state index is -0.605. The van der Waals surface area contributed by atoms with E-state index in [9.17, 15) is 4.79 Å². The van der Waals surface area contributed by atoms with Gasteiger partial charge in [0.05, 0.1) is 5.69 Å². The van der Waals surface area contributed by atoms with Crippen molar-refractivity contribution in [1.29, 1.82) is 0 Å². The van der Waals surface area contributed by atoms with Crippen LogP contribution in [0.15, 0.2) is 46.3 Å². The van der Waals surface area contributed by atoms with Crippen molar-refractivity contribution in [2.24, 2.45) is 0 Å². The van der Waals surface area contributed by atoms with Gasteiger partial charge in [-0.05, 0) is 78.6 Å². The first-order valence-corrected chi connectivity index (χ1v) is 9.23. The number of amides is 1. The summed E-state index contributed by atoms with van der Waals surface area (Å²) in [6.45, 7) is 5.44. The summed E-state index contributed by atoms with van der Waals surface area (Å²) in [6.07, 6.45) is -0.527. The van der Waals surface area contributed by atoms with E-state index >= 15 is 0 Å². The highest BCUT2D eigenvalue weighted by Gasteiger charge is 2.25. The Kier molecular flexibility index (Phi) is 6.20. The van der Waals surface area contributed by atoms with Crippen molar-refractivity contribution in [3.63, 3.8) is 0 Å². The summed E-state index contributed by atoms with van der Waals surface area (Å²) in [5, 5.41) is 7.18. The van der Waals surface area contributed by atoms with Crippen LogP contribution >= 0.6 is 39.5 Å². The number of halogens is 1. The molecule has 24 heavy (non-hydrogen) atoms. The summed E-state index contributed by atoms with van der Waals surface area (Å²) in [7, 11) is 0. The molecule has 0 unspecified atom stereocenters. The van der Waals surface area contributed by atoms with Gasteiger partial charge in [-0.15, -0.1) is 11.3 Å². The number of nitrogens with zero attached hydrogens (tertiary/aromatic N) is 1. The molecule has 2 rings (SSSR count). The summed E-state index contributed by atoms with van der Waals surface area (Å²) in [5.41, 5.74) is 3.08. The average Bonchev–Trinajstić information content (AvgIpc) is 2.99. The molecule has 0 aliphatic heterocycles. The molecular weight excluding hydrogens is 410 g/mol. The van der Waals surface area contributed by atoms with Gasteiger partial charge in [0.15, 0.2) is 5.11 Å². The third-order valence-electron chi connectivity index (χ3n) is 2.64. The van der Waals surface area contributed by atoms with Crippen LogP contribution in [0.25, 0.3) is 0 Å². The predicted octanol–water partition coefficient (Wildman–Crippen LogP) is 5.15. The normalized spacial score (nSPS) is 10.8. The largest absolute Gasteiger partial charge is 0.442 e. The van der Waals surface area contributed by atoms with Gasteiger partial charge in [-0.3, -0.25) is 5.43 Å². The highest BCUT2D eigenvalue weighted by atomic mass is 79.9. The summed E-state index contributed by atoms with van der Waals surface area (Å²) in [4.78, 5) is 12.5. The van der Waals surface area contributed by atoms with Crippen LogP contribution in [0, 0.1) is 0 Å². The number of benzene rings is 1. The molecule has 1 amide bonds. The van der Waals surface area contributed by atoms with E-state index in [1.165, 1.54) is 16.3 Å². The number of hydrogen-bond acceptors (Lipinski definition) is 4. The topological polar surface area (TPSA) is 53.6 Å². The molecule has 0 spiro atoms. The molecule has 0 aliphatic carbocycles. The van der Waals surface area contributed by atoms with E-state index in [0.717, 1.165) is 10.2 Å². The van der Waals surface area contributed by atoms with Crippen molar-refractivity contribution in [2.45, 2.75) is 26.4 Å². The number of thiocarbonyl (C=S) groups is 1. The first kappa shape index (κ1) is 18.7. The van der Waals surface area contributed by atoms with Crippen molar-refractivity contribution in [3.05, 3.63) is 46.3 Å². The van der Waals surface area contributed by atoms with Gasteiger partial charge < -0.3 is 10.1 Å². The fraction of sp³-hybridized carbons (Fsp3) is 0.250. The maximum atomic E-state index is 12.5. The number of para-hydroxylation sites is 1. The second-order valence-corrected chi connectivity index (χ2v) is 8.00. The van der Waals surface area contributed by atoms with Crippen molar-refractivity contribution >= 4 is 61.4 Å². The number of rotatable bonds is 2. The number of hydrogen-bond donors (Lipinski definition) is 2. The molecule has 5 nitrogen and oxygen atoms in total. The van der Waals surface area contributed by atoms with E-state index in [4.69, 9.17) is 17.0 Å². The molecule has 0 saturated heterocycles. The number of carbonyl (C=O) groups excluding carboxylic acids is 1. The molecule has 0 atom stereocenters. The quantitative estimate of drug-likeness (QED) is 0.512. The molecule has 0 saturated carbocycles. The number of thiophene rings is 1. The monoisotopic (exact) mass is 427 g/mol. The van der Waals surface area contributed by atoms with Gasteiger partial charge in [-0.25, -0.2) is 4.79 Å². The number of carbonyl (C=O) groups is 1. The molecule has 0 bridgehead atoms. The van der Waals surface area contributed by atoms with E-state index in [0.29, 0.717) is 5.00 Å². The molecule has 1 aromatic heterocycles. The minimum absolute atomic E-state index is 0.279. The van der Waals surface area contributed by atoms with Gasteiger partial charge in [0.25, 0.3) is 0 Å². The van der Waals surface area contributed by atoms with Gasteiger partial charge >= 0.3 is 6.09 Å². The van der Waals surface area contributed by atoms with Crippen molar-refractivity contribution in [3.8, 4) is 0 Å². The number of hydrazine groups is 1. The molecular formula is C16H18BrN3O2S2. The molecule has 2 N–H and O–H groups in total. The zero-order valence-electron chi connectivity index (χ0n) is 13.5. The SMILES string of the molecule is CC(C)(C)OC(=O)N(NC(=S)Nc1ccccc1Br)c1cccs1. The first-order chi connectivity index (χ1) is 11.3. The fourth-order valence-electron chi connectivity index (χ4n) is 1.71. The maximum absolute atomic E-state index is 12.5. The second kappa shape index (κ2) is 7.96. The third kappa shape index (κ3) is 5.47. The minimum Gasteiger partial charge on any atom is -0.442 e. The third-order valence-corrected chi connectivity index (χ3v) is 4.38. The lowest BCUT2D eigenvalue weighted by molar-refractivity contribution is 0.0572. The zero-order valence-corrected chi connectivity index (χ0v) is 16.7. The van der Waals surface area contributed by atoms with E-state index in [1.54, 1.807) is 0 Å². The Hall–Kier alpha value is -1.64. The van der Waals surface area contributed by atoms with E-state index in [1.807, 2.05) is 62.5 Å². The smallest absolute Gasteiger partial charge is 0.434 e. The maximum Gasteiger partial charge on any atom is 0.434 e. The second-order valence-electron chi connectivity index (χ2n) is 5.81. The Morgan fingerprint density at radius 1 is 1.25 bits per heavy atom. The van der Waals surface area contributed by atoms with Crippen LogP contribution in [-0.2, 0) is 4.74 Å². The summed E-state index contributed by atoms with van der Waals surface area (Å²) in [6, 6.07) is 11.2. The average molecular weight is 428 g/mol. The molecule has 0 fully saturated rings. The van der Waals surface area contributed by atoms with Crippen molar-refractivity contribution < 1.29 is 9.53 Å². The van der Waals surface area contributed by atoms with Crippen LogP contribution < -0.4 is 15.8 Å². The number of nitrogens with one attached hydrogen (secondary N) is 2. The van der Waals surface area contributed by atoms with Crippen LogP contribution in [-0.4, -0.2) is 16.8 Å². The summed E-state index contributed by atoms with van der Waals surface area (Å²) < 4.78 is 6.30. The summed E-state index contributed by atoms with van der Waals surface area (Å²) >= 11 is 10.2. The van der Waals surface area contributed by atoms with Gasteiger partial charge in [0.1, 0.15) is 10.6 Å². The molecule has 1 aromatic carbocycles. The number of anilines is 2. The standard InChI is InChI=1S/C16H18BrN3O2S2/c1-16(2,3)22-15(21)20(13-9-6-10-24-13)19-14(23)18-12-8-5-4-7-11(12)17/h4-10H,1-3H3,(H2,18,19,23). The fourth-order valence-corrected chi connectivity index (χ4v) is 2.97. The van der Waals surface area contributed by atoms with E-state index < -0.39 is 11.7 Å². The van der Waals surface area contributed by atoms with E-state index in [-0.39, 0.29) is 5.11 Å². The lowest BCUT2D eigenvalue weighted by Crippen LogP contribution is -2.49. The molecule has 8 heteroatoms.